The van der Waals surface area contributed by atoms with E-state index in [0.717, 1.165) is 11.7 Å². The Balaban J connectivity index is 0.00000625. The van der Waals surface area contributed by atoms with Gasteiger partial charge >= 0.3 is 0 Å². The lowest BCUT2D eigenvalue weighted by molar-refractivity contribution is 0.153. The molecule has 0 bridgehead atoms. The van der Waals surface area contributed by atoms with Crippen molar-refractivity contribution in [3.8, 4) is 5.75 Å². The molecular weight excluding hydrogens is 469 g/mol. The Labute approximate surface area is 174 Å². The van der Waals surface area contributed by atoms with Crippen molar-refractivity contribution in [2.24, 2.45) is 4.99 Å². The van der Waals surface area contributed by atoms with Crippen molar-refractivity contribution in [1.82, 2.24) is 10.2 Å². The summed E-state index contributed by atoms with van der Waals surface area (Å²) in [6, 6.07) is 7.94. The van der Waals surface area contributed by atoms with E-state index in [1.54, 1.807) is 7.05 Å². The zero-order valence-electron chi connectivity index (χ0n) is 15.9. The average Bonchev–Trinajstić information content (AvgIpc) is 2.55. The average molecular weight is 499 g/mol. The Hall–Kier alpha value is -1.07. The second-order valence-electron chi connectivity index (χ2n) is 5.80. The summed E-state index contributed by atoms with van der Waals surface area (Å²) in [4.78, 5) is 6.17. The Kier molecular flexibility index (Phi) is 12.6. The minimum absolute atomic E-state index is 0. The molecule has 0 heterocycles. The molecule has 0 aromatic heterocycles. The number of nitrogens with one attached hydrogen (secondary N) is 1. The third-order valence-electron chi connectivity index (χ3n) is 3.42. The van der Waals surface area contributed by atoms with Crippen LogP contribution < -0.4 is 10.1 Å². The van der Waals surface area contributed by atoms with Crippen LogP contribution in [0.25, 0.3) is 0 Å². The highest BCUT2D eigenvalue weighted by molar-refractivity contribution is 14.0. The number of halogens is 1. The lowest BCUT2D eigenvalue weighted by Crippen LogP contribution is -2.42. The van der Waals surface area contributed by atoms with Crippen molar-refractivity contribution in [1.29, 1.82) is 0 Å². The van der Waals surface area contributed by atoms with Crippen LogP contribution >= 0.6 is 24.0 Å². The van der Waals surface area contributed by atoms with E-state index in [1.165, 1.54) is 11.8 Å². The molecule has 1 rings (SSSR count). The van der Waals surface area contributed by atoms with Crippen molar-refractivity contribution in [3.63, 3.8) is 0 Å². The number of nitrogens with zero attached hydrogens (tertiary/aromatic N) is 2. The van der Waals surface area contributed by atoms with Gasteiger partial charge in [-0.3, -0.25) is 4.99 Å². The third kappa shape index (κ3) is 11.5. The number of hydrogen-bond donors (Lipinski definition) is 1. The summed E-state index contributed by atoms with van der Waals surface area (Å²) in [6.45, 7) is 4.45. The van der Waals surface area contributed by atoms with Gasteiger partial charge in [0.05, 0.1) is 25.5 Å². The summed E-state index contributed by atoms with van der Waals surface area (Å²) in [7, 11) is 0.669. The number of aryl methyl sites for hydroxylation is 1. The molecule has 0 radical (unpaired) electrons. The molecule has 0 unspecified atom stereocenters. The molecule has 0 atom stereocenters. The molecule has 1 aromatic carbocycles. The molecule has 9 heteroatoms. The number of benzene rings is 1. The van der Waals surface area contributed by atoms with Crippen LogP contribution in [0.4, 0.5) is 0 Å². The van der Waals surface area contributed by atoms with Gasteiger partial charge in [0.2, 0.25) is 0 Å². The first-order chi connectivity index (χ1) is 11.8. The summed E-state index contributed by atoms with van der Waals surface area (Å²) in [5, 5.41) is 3.17. The predicted octanol–water partition coefficient (Wildman–Crippen LogP) is 1.56. The summed E-state index contributed by atoms with van der Waals surface area (Å²) in [5.41, 5.74) is 1.20. The van der Waals surface area contributed by atoms with E-state index in [0.29, 0.717) is 26.3 Å². The van der Waals surface area contributed by atoms with Gasteiger partial charge in [0.25, 0.3) is 0 Å². The molecular formula is C17H30IN3O4S. The van der Waals surface area contributed by atoms with Gasteiger partial charge in [0.1, 0.15) is 22.2 Å². The van der Waals surface area contributed by atoms with Crippen LogP contribution in [0.3, 0.4) is 0 Å². The number of ether oxygens (including phenoxy) is 2. The lowest BCUT2D eigenvalue weighted by Gasteiger charge is -2.22. The number of rotatable bonds is 10. The first-order valence-electron chi connectivity index (χ1n) is 8.18. The van der Waals surface area contributed by atoms with E-state index in [2.05, 4.69) is 10.3 Å². The number of likely N-dealkylation sites (N-methyl/N-ethyl adjacent to an activating group) is 1. The monoisotopic (exact) mass is 499 g/mol. The molecule has 0 amide bonds. The van der Waals surface area contributed by atoms with Crippen molar-refractivity contribution >= 4 is 39.8 Å². The molecule has 0 saturated heterocycles. The highest BCUT2D eigenvalue weighted by Crippen LogP contribution is 2.11. The second-order valence-corrected chi connectivity index (χ2v) is 8.06. The van der Waals surface area contributed by atoms with Crippen molar-refractivity contribution in [2.45, 2.75) is 6.92 Å². The summed E-state index contributed by atoms with van der Waals surface area (Å²) < 4.78 is 33.0. The fraction of sp³-hybridized carbons (Fsp3) is 0.588. The summed E-state index contributed by atoms with van der Waals surface area (Å²) in [6.07, 6.45) is 1.20. The molecule has 7 nitrogen and oxygen atoms in total. The maximum Gasteiger partial charge on any atom is 0.193 e. The topological polar surface area (TPSA) is 80.2 Å². The van der Waals surface area contributed by atoms with Crippen LogP contribution in [-0.2, 0) is 14.6 Å². The first-order valence-corrected chi connectivity index (χ1v) is 10.2. The van der Waals surface area contributed by atoms with E-state index in [4.69, 9.17) is 9.47 Å². The predicted molar refractivity (Wildman–Crippen MR) is 117 cm³/mol. The molecule has 0 aliphatic heterocycles. The van der Waals surface area contributed by atoms with E-state index >= 15 is 0 Å². The third-order valence-corrected chi connectivity index (χ3v) is 4.33. The molecule has 0 aliphatic rings. The van der Waals surface area contributed by atoms with Crippen molar-refractivity contribution < 1.29 is 17.9 Å². The van der Waals surface area contributed by atoms with Crippen LogP contribution in [-0.4, -0.2) is 78.3 Å². The van der Waals surface area contributed by atoms with E-state index in [1.807, 2.05) is 43.1 Å². The Bertz CT molecular complexity index is 636. The normalized spacial score (nSPS) is 11.6. The largest absolute Gasteiger partial charge is 0.492 e. The Morgan fingerprint density at radius 3 is 2.42 bits per heavy atom. The highest BCUT2D eigenvalue weighted by atomic mass is 127. The smallest absolute Gasteiger partial charge is 0.193 e. The minimum atomic E-state index is -2.97. The van der Waals surface area contributed by atoms with Gasteiger partial charge in [-0.25, -0.2) is 8.42 Å². The summed E-state index contributed by atoms with van der Waals surface area (Å²) in [5.74, 6) is 1.62. The van der Waals surface area contributed by atoms with Crippen LogP contribution in [0, 0.1) is 6.92 Å². The van der Waals surface area contributed by atoms with Crippen LogP contribution in [0.15, 0.2) is 29.3 Å². The molecule has 150 valence electrons. The van der Waals surface area contributed by atoms with Gasteiger partial charge in [0, 0.05) is 26.9 Å². The van der Waals surface area contributed by atoms with E-state index in [-0.39, 0.29) is 36.3 Å². The molecule has 0 fully saturated rings. The van der Waals surface area contributed by atoms with Crippen LogP contribution in [0.1, 0.15) is 5.56 Å². The molecule has 1 aromatic rings. The number of hydrogen-bond acceptors (Lipinski definition) is 5. The number of sulfone groups is 1. The van der Waals surface area contributed by atoms with Crippen LogP contribution in [0.2, 0.25) is 0 Å². The number of guanidine groups is 1. The fourth-order valence-electron chi connectivity index (χ4n) is 1.97. The molecule has 0 spiro atoms. The SMILES string of the molecule is CN=C(NCCOCCS(C)(=O)=O)N(C)CCOc1ccc(C)cc1.I. The van der Waals surface area contributed by atoms with Crippen LogP contribution in [0.5, 0.6) is 5.75 Å². The van der Waals surface area contributed by atoms with Gasteiger partial charge in [-0.05, 0) is 19.1 Å². The minimum Gasteiger partial charge on any atom is -0.492 e. The Morgan fingerprint density at radius 1 is 1.19 bits per heavy atom. The quantitative estimate of drug-likeness (QED) is 0.228. The van der Waals surface area contributed by atoms with E-state index in [9.17, 15) is 8.42 Å². The number of aliphatic imine (C=N–C) groups is 1. The van der Waals surface area contributed by atoms with Gasteiger partial charge in [-0.15, -0.1) is 24.0 Å². The van der Waals surface area contributed by atoms with Gasteiger partial charge in [-0.2, -0.15) is 0 Å². The zero-order valence-corrected chi connectivity index (χ0v) is 19.0. The second kappa shape index (κ2) is 13.2. The zero-order chi connectivity index (χ0) is 18.7. The molecule has 0 aliphatic carbocycles. The molecule has 0 saturated carbocycles. The Morgan fingerprint density at radius 2 is 1.85 bits per heavy atom. The summed E-state index contributed by atoms with van der Waals surface area (Å²) >= 11 is 0. The maximum absolute atomic E-state index is 11.0. The van der Waals surface area contributed by atoms with Gasteiger partial charge in [-0.1, -0.05) is 17.7 Å². The maximum atomic E-state index is 11.0. The fourth-order valence-corrected chi connectivity index (χ4v) is 2.39. The van der Waals surface area contributed by atoms with Gasteiger partial charge in [0.15, 0.2) is 5.96 Å². The molecule has 1 N–H and O–H groups in total. The van der Waals surface area contributed by atoms with Crippen molar-refractivity contribution in [2.75, 3.05) is 59.0 Å². The highest BCUT2D eigenvalue weighted by Gasteiger charge is 2.06. The first kappa shape index (κ1) is 24.9. The molecule has 26 heavy (non-hydrogen) atoms. The van der Waals surface area contributed by atoms with E-state index < -0.39 is 9.84 Å². The lowest BCUT2D eigenvalue weighted by atomic mass is 10.2. The van der Waals surface area contributed by atoms with Gasteiger partial charge < -0.3 is 19.7 Å². The standard InChI is InChI=1S/C17H29N3O4S.HI/c1-15-5-7-16(8-6-15)24-12-10-20(3)17(18-2)19-9-11-23-13-14-25(4,21)22;/h5-8H,9-14H2,1-4H3,(H,18,19);1H. The van der Waals surface area contributed by atoms with Crippen molar-refractivity contribution in [3.05, 3.63) is 29.8 Å².